The van der Waals surface area contributed by atoms with Gasteiger partial charge < -0.3 is 14.2 Å². The van der Waals surface area contributed by atoms with Crippen molar-refractivity contribution >= 4 is 17.9 Å². The van der Waals surface area contributed by atoms with Crippen LogP contribution in [0.15, 0.2) is 36.5 Å². The minimum Gasteiger partial charge on any atom is -0.462 e. The van der Waals surface area contributed by atoms with Crippen LogP contribution in [0.5, 0.6) is 0 Å². The van der Waals surface area contributed by atoms with Crippen molar-refractivity contribution in [1.82, 2.24) is 0 Å². The first kappa shape index (κ1) is 68.6. The lowest BCUT2D eigenvalue weighted by molar-refractivity contribution is -0.167. The first-order chi connectivity index (χ1) is 35.0. The number of esters is 3. The Morgan fingerprint density at radius 3 is 0.817 bits per heavy atom. The molecule has 0 aromatic rings. The number of ether oxygens (including phenoxy) is 3. The molecule has 0 aliphatic heterocycles. The highest BCUT2D eigenvalue weighted by molar-refractivity contribution is 5.71. The monoisotopic (exact) mass is 997 g/mol. The average molecular weight is 998 g/mol. The van der Waals surface area contributed by atoms with E-state index in [-0.39, 0.29) is 31.1 Å². The van der Waals surface area contributed by atoms with Crippen molar-refractivity contribution in [2.75, 3.05) is 13.2 Å². The Balaban J connectivity index is 4.32. The summed E-state index contributed by atoms with van der Waals surface area (Å²) in [5, 5.41) is 0. The number of hydrogen-bond acceptors (Lipinski definition) is 6. The molecule has 0 bridgehead atoms. The molecule has 6 nitrogen and oxygen atoms in total. The van der Waals surface area contributed by atoms with Gasteiger partial charge in [-0.05, 0) is 77.0 Å². The molecule has 6 heteroatoms. The van der Waals surface area contributed by atoms with Crippen LogP contribution in [0.25, 0.3) is 0 Å². The fraction of sp³-hybridized carbons (Fsp3) is 0.862. The van der Waals surface area contributed by atoms with Crippen LogP contribution in [0, 0.1) is 0 Å². The van der Waals surface area contributed by atoms with Gasteiger partial charge in [-0.3, -0.25) is 14.4 Å². The number of carbonyl (C=O) groups excluding carboxylic acids is 3. The Bertz CT molecular complexity index is 1190. The van der Waals surface area contributed by atoms with Crippen molar-refractivity contribution in [2.45, 2.75) is 348 Å². The van der Waals surface area contributed by atoms with Gasteiger partial charge >= 0.3 is 17.9 Å². The van der Waals surface area contributed by atoms with Gasteiger partial charge in [0.05, 0.1) is 0 Å². The largest absolute Gasteiger partial charge is 0.462 e. The molecule has 416 valence electrons. The Labute approximate surface area is 442 Å². The molecule has 0 amide bonds. The molecular formula is C65H120O6. The van der Waals surface area contributed by atoms with Crippen LogP contribution < -0.4 is 0 Å². The number of allylic oxidation sites excluding steroid dienone is 6. The summed E-state index contributed by atoms with van der Waals surface area (Å²) in [5.41, 5.74) is 0. The summed E-state index contributed by atoms with van der Waals surface area (Å²) >= 11 is 0. The van der Waals surface area contributed by atoms with Gasteiger partial charge in [0.1, 0.15) is 13.2 Å². The maximum absolute atomic E-state index is 12.9. The topological polar surface area (TPSA) is 78.9 Å². The molecule has 0 aliphatic carbocycles. The molecule has 0 aromatic carbocycles. The van der Waals surface area contributed by atoms with Crippen LogP contribution >= 0.6 is 0 Å². The summed E-state index contributed by atoms with van der Waals surface area (Å²) in [6.45, 7) is 6.66. The predicted molar refractivity (Wildman–Crippen MR) is 307 cm³/mol. The summed E-state index contributed by atoms with van der Waals surface area (Å²) in [4.78, 5) is 38.3. The zero-order valence-corrected chi connectivity index (χ0v) is 47.8. The zero-order valence-electron chi connectivity index (χ0n) is 47.8. The van der Waals surface area contributed by atoms with Crippen molar-refractivity contribution in [3.8, 4) is 0 Å². The maximum atomic E-state index is 12.9. The van der Waals surface area contributed by atoms with Crippen LogP contribution in [-0.2, 0) is 28.6 Å². The molecule has 0 unspecified atom stereocenters. The second kappa shape index (κ2) is 60.2. The minimum atomic E-state index is -0.772. The molecule has 0 spiro atoms. The molecule has 71 heavy (non-hydrogen) atoms. The molecule has 0 saturated heterocycles. The van der Waals surface area contributed by atoms with Gasteiger partial charge in [0.25, 0.3) is 0 Å². The van der Waals surface area contributed by atoms with Gasteiger partial charge in [-0.2, -0.15) is 0 Å². The van der Waals surface area contributed by atoms with Crippen molar-refractivity contribution < 1.29 is 28.6 Å². The summed E-state index contributed by atoms with van der Waals surface area (Å²) < 4.78 is 16.9. The van der Waals surface area contributed by atoms with E-state index in [1.807, 2.05) is 0 Å². The van der Waals surface area contributed by atoms with Crippen LogP contribution in [0.4, 0.5) is 0 Å². The third kappa shape index (κ3) is 58.4. The first-order valence-electron chi connectivity index (χ1n) is 31.5. The lowest BCUT2D eigenvalue weighted by Crippen LogP contribution is -2.30. The summed E-state index contributed by atoms with van der Waals surface area (Å²) in [5.74, 6) is -0.853. The third-order valence-electron chi connectivity index (χ3n) is 14.1. The second-order valence-corrected chi connectivity index (χ2v) is 21.3. The molecule has 0 fully saturated rings. The SMILES string of the molecule is CCCCC/C=C\C/C=C\CCCCCCCCCCCC(=O)OC[C@H](COC(=O)CCCCCCCCCCC/C=C\CCCCCCCC)OC(=O)CCCCCCCCCCCCCCCCC. The normalized spacial score (nSPS) is 12.2. The van der Waals surface area contributed by atoms with E-state index in [2.05, 4.69) is 57.2 Å². The van der Waals surface area contributed by atoms with Crippen molar-refractivity contribution in [3.05, 3.63) is 36.5 Å². The van der Waals surface area contributed by atoms with Gasteiger partial charge in [0.15, 0.2) is 6.10 Å². The van der Waals surface area contributed by atoms with E-state index >= 15 is 0 Å². The number of rotatable bonds is 58. The summed E-state index contributed by atoms with van der Waals surface area (Å²) in [7, 11) is 0. The lowest BCUT2D eigenvalue weighted by Gasteiger charge is -2.18. The molecule has 0 aliphatic rings. The fourth-order valence-electron chi connectivity index (χ4n) is 9.35. The lowest BCUT2D eigenvalue weighted by atomic mass is 10.0. The standard InChI is InChI=1S/C65H120O6/c1-4-7-10-13-16-19-22-25-28-30-32-34-37-39-42-45-48-51-54-57-63(66)69-60-62(71-65(68)59-56-53-50-47-44-41-36-27-24-21-18-15-12-9-6-3)61-70-64(67)58-55-52-49-46-43-40-38-35-33-31-29-26-23-20-17-14-11-8-5-2/h16,19,25-26,28-29,62H,4-15,17-18,20-24,27,30-61H2,1-3H3/b19-16-,28-25-,29-26-/t62-/m1/s1. The second-order valence-electron chi connectivity index (χ2n) is 21.3. The van der Waals surface area contributed by atoms with Crippen molar-refractivity contribution in [3.63, 3.8) is 0 Å². The molecular weight excluding hydrogens is 877 g/mol. The van der Waals surface area contributed by atoms with E-state index in [0.717, 1.165) is 64.2 Å². The van der Waals surface area contributed by atoms with Crippen LogP contribution in [0.3, 0.4) is 0 Å². The highest BCUT2D eigenvalue weighted by Crippen LogP contribution is 2.17. The number of hydrogen-bond donors (Lipinski definition) is 0. The molecule has 0 radical (unpaired) electrons. The Hall–Kier alpha value is -2.37. The van der Waals surface area contributed by atoms with E-state index in [0.29, 0.717) is 19.3 Å². The van der Waals surface area contributed by atoms with E-state index < -0.39 is 6.10 Å². The molecule has 1 atom stereocenters. The Morgan fingerprint density at radius 1 is 0.282 bits per heavy atom. The van der Waals surface area contributed by atoms with Gasteiger partial charge in [0.2, 0.25) is 0 Å². The predicted octanol–water partition coefficient (Wildman–Crippen LogP) is 21.2. The minimum absolute atomic E-state index is 0.0703. The molecule has 0 aromatic heterocycles. The van der Waals surface area contributed by atoms with Crippen LogP contribution in [-0.4, -0.2) is 37.2 Å². The van der Waals surface area contributed by atoms with Crippen molar-refractivity contribution in [2.24, 2.45) is 0 Å². The van der Waals surface area contributed by atoms with Crippen LogP contribution in [0.1, 0.15) is 342 Å². The van der Waals surface area contributed by atoms with Gasteiger partial charge in [-0.1, -0.05) is 282 Å². The van der Waals surface area contributed by atoms with E-state index in [4.69, 9.17) is 14.2 Å². The quantitative estimate of drug-likeness (QED) is 0.0261. The zero-order chi connectivity index (χ0) is 51.4. The highest BCUT2D eigenvalue weighted by atomic mass is 16.6. The smallest absolute Gasteiger partial charge is 0.306 e. The molecule has 0 saturated carbocycles. The number of unbranched alkanes of at least 4 members (excludes halogenated alkanes) is 41. The first-order valence-corrected chi connectivity index (χ1v) is 31.5. The average Bonchev–Trinajstić information content (AvgIpc) is 3.37. The Kier molecular flexibility index (Phi) is 58.2. The molecule has 0 heterocycles. The van der Waals surface area contributed by atoms with Gasteiger partial charge in [-0.25, -0.2) is 0 Å². The maximum Gasteiger partial charge on any atom is 0.306 e. The Morgan fingerprint density at radius 2 is 0.507 bits per heavy atom. The summed E-state index contributed by atoms with van der Waals surface area (Å²) in [6.07, 6.45) is 72.8. The highest BCUT2D eigenvalue weighted by Gasteiger charge is 2.19. The third-order valence-corrected chi connectivity index (χ3v) is 14.1. The van der Waals surface area contributed by atoms with E-state index in [1.165, 1.54) is 238 Å². The summed E-state index contributed by atoms with van der Waals surface area (Å²) in [6, 6.07) is 0. The van der Waals surface area contributed by atoms with Crippen LogP contribution in [0.2, 0.25) is 0 Å². The van der Waals surface area contributed by atoms with Gasteiger partial charge in [0, 0.05) is 19.3 Å². The van der Waals surface area contributed by atoms with E-state index in [1.54, 1.807) is 0 Å². The van der Waals surface area contributed by atoms with Gasteiger partial charge in [-0.15, -0.1) is 0 Å². The molecule has 0 N–H and O–H groups in total. The fourth-order valence-corrected chi connectivity index (χ4v) is 9.35. The van der Waals surface area contributed by atoms with E-state index in [9.17, 15) is 14.4 Å². The number of carbonyl (C=O) groups is 3. The molecule has 0 rings (SSSR count). The van der Waals surface area contributed by atoms with Crippen molar-refractivity contribution in [1.29, 1.82) is 0 Å².